The van der Waals surface area contributed by atoms with E-state index in [2.05, 4.69) is 9.97 Å². The van der Waals surface area contributed by atoms with Crippen molar-refractivity contribution in [1.29, 1.82) is 0 Å². The van der Waals surface area contributed by atoms with Gasteiger partial charge in [0.2, 0.25) is 21.8 Å². The van der Waals surface area contributed by atoms with Crippen LogP contribution in [-0.4, -0.2) is 82.9 Å². The van der Waals surface area contributed by atoms with Crippen LogP contribution in [0.2, 0.25) is 0 Å². The first-order valence-corrected chi connectivity index (χ1v) is 13.9. The number of piperidine rings is 2. The van der Waals surface area contributed by atoms with Gasteiger partial charge in [0.25, 0.3) is 0 Å². The molecule has 0 radical (unpaired) electrons. The largest absolute Gasteiger partial charge is 0.474 e. The molecule has 1 aromatic rings. The molecule has 0 aliphatic carbocycles. The van der Waals surface area contributed by atoms with Gasteiger partial charge < -0.3 is 19.1 Å². The molecule has 190 valence electrons. The highest BCUT2D eigenvalue weighted by atomic mass is 32.2. The molecule has 2 atom stereocenters. The predicted molar refractivity (Wildman–Crippen MR) is 125 cm³/mol. The fourth-order valence-electron chi connectivity index (χ4n) is 5.09. The Morgan fingerprint density at radius 2 is 1.50 bits per heavy atom. The first-order chi connectivity index (χ1) is 15.9. The van der Waals surface area contributed by atoms with Crippen LogP contribution in [0.1, 0.15) is 64.9 Å². The van der Waals surface area contributed by atoms with Gasteiger partial charge in [-0.25, -0.2) is 27.5 Å². The summed E-state index contributed by atoms with van der Waals surface area (Å²) in [6, 6.07) is 0.216. The van der Waals surface area contributed by atoms with E-state index >= 15 is 0 Å². The van der Waals surface area contributed by atoms with Crippen molar-refractivity contribution in [2.45, 2.75) is 96.1 Å². The van der Waals surface area contributed by atoms with Crippen molar-refractivity contribution in [2.75, 3.05) is 19.3 Å². The van der Waals surface area contributed by atoms with Gasteiger partial charge in [-0.05, 0) is 53.4 Å². The standard InChI is InChI=1S/C23H36N4O6S/c1-15-20(31-18-8-10-26(11-9-18)34(5,29)30)24-14-25-21(15)32-19-12-16-6-7-17(13-19)27(16)22(28)33-23(2,3)4/h14,16-19H,6-13H2,1-5H3. The summed E-state index contributed by atoms with van der Waals surface area (Å²) in [5.41, 5.74) is 0.217. The molecule has 3 aliphatic rings. The van der Waals surface area contributed by atoms with Crippen LogP contribution in [0.25, 0.3) is 0 Å². The van der Waals surface area contributed by atoms with Crippen molar-refractivity contribution in [3.63, 3.8) is 0 Å². The van der Waals surface area contributed by atoms with E-state index in [1.807, 2.05) is 32.6 Å². The molecule has 2 unspecified atom stereocenters. The molecular formula is C23H36N4O6S. The van der Waals surface area contributed by atoms with Crippen LogP contribution in [0.15, 0.2) is 6.33 Å². The van der Waals surface area contributed by atoms with E-state index in [0.29, 0.717) is 37.7 Å². The van der Waals surface area contributed by atoms with Gasteiger partial charge in [0.15, 0.2) is 0 Å². The first-order valence-electron chi connectivity index (χ1n) is 12.0. The highest BCUT2D eigenvalue weighted by Gasteiger charge is 2.45. The highest BCUT2D eigenvalue weighted by molar-refractivity contribution is 7.88. The van der Waals surface area contributed by atoms with Gasteiger partial charge in [0.05, 0.1) is 11.8 Å². The topological polar surface area (TPSA) is 111 Å². The van der Waals surface area contributed by atoms with Gasteiger partial charge in [0, 0.05) is 38.0 Å². The number of hydrogen-bond acceptors (Lipinski definition) is 8. The number of fused-ring (bicyclic) bond motifs is 2. The van der Waals surface area contributed by atoms with Crippen LogP contribution < -0.4 is 9.47 Å². The Morgan fingerprint density at radius 3 is 2.00 bits per heavy atom. The summed E-state index contributed by atoms with van der Waals surface area (Å²) >= 11 is 0. The second-order valence-corrected chi connectivity index (χ2v) is 12.6. The molecule has 0 spiro atoms. The van der Waals surface area contributed by atoms with E-state index in [1.165, 1.54) is 16.9 Å². The average molecular weight is 497 g/mol. The number of ether oxygens (including phenoxy) is 3. The summed E-state index contributed by atoms with van der Waals surface area (Å²) in [5, 5.41) is 0. The van der Waals surface area contributed by atoms with Crippen molar-refractivity contribution in [1.82, 2.24) is 19.2 Å². The smallest absolute Gasteiger partial charge is 0.410 e. The minimum atomic E-state index is -3.18. The summed E-state index contributed by atoms with van der Waals surface area (Å²) in [6.45, 7) is 8.41. The van der Waals surface area contributed by atoms with Crippen LogP contribution in [0.3, 0.4) is 0 Å². The van der Waals surface area contributed by atoms with Crippen molar-refractivity contribution in [3.05, 3.63) is 11.9 Å². The maximum absolute atomic E-state index is 12.7. The molecule has 1 amide bonds. The maximum atomic E-state index is 12.7. The second kappa shape index (κ2) is 9.49. The van der Waals surface area contributed by atoms with Crippen LogP contribution in [-0.2, 0) is 14.8 Å². The molecule has 3 aliphatic heterocycles. The molecule has 1 aromatic heterocycles. The van der Waals surface area contributed by atoms with E-state index in [-0.39, 0.29) is 30.4 Å². The van der Waals surface area contributed by atoms with Gasteiger partial charge in [0.1, 0.15) is 24.1 Å². The molecule has 11 heteroatoms. The van der Waals surface area contributed by atoms with Crippen molar-refractivity contribution >= 4 is 16.1 Å². The third kappa shape index (κ3) is 5.73. The lowest BCUT2D eigenvalue weighted by molar-refractivity contribution is -0.00776. The van der Waals surface area contributed by atoms with Crippen LogP contribution in [0, 0.1) is 6.92 Å². The van der Waals surface area contributed by atoms with Gasteiger partial charge in [-0.15, -0.1) is 0 Å². The Kier molecular flexibility index (Phi) is 6.97. The van der Waals surface area contributed by atoms with Crippen molar-refractivity contribution in [3.8, 4) is 11.8 Å². The molecule has 3 saturated heterocycles. The number of sulfonamides is 1. The Morgan fingerprint density at radius 1 is 0.971 bits per heavy atom. The highest BCUT2D eigenvalue weighted by Crippen LogP contribution is 2.39. The average Bonchev–Trinajstić information content (AvgIpc) is 3.00. The van der Waals surface area contributed by atoms with E-state index in [9.17, 15) is 13.2 Å². The molecule has 0 N–H and O–H groups in total. The quantitative estimate of drug-likeness (QED) is 0.612. The van der Waals surface area contributed by atoms with E-state index in [1.54, 1.807) is 0 Å². The maximum Gasteiger partial charge on any atom is 0.410 e. The number of rotatable bonds is 5. The van der Waals surface area contributed by atoms with Crippen LogP contribution in [0.4, 0.5) is 4.79 Å². The Balaban J connectivity index is 1.36. The molecule has 0 saturated carbocycles. The van der Waals surface area contributed by atoms with Gasteiger partial charge in [-0.3, -0.25) is 0 Å². The summed E-state index contributed by atoms with van der Waals surface area (Å²) in [6.07, 6.45) is 6.87. The lowest BCUT2D eigenvalue weighted by Gasteiger charge is -2.39. The normalized spacial score (nSPS) is 26.4. The third-order valence-electron chi connectivity index (χ3n) is 6.71. The number of hydrogen-bond donors (Lipinski definition) is 0. The zero-order chi connectivity index (χ0) is 24.7. The van der Waals surface area contributed by atoms with Crippen LogP contribution in [0.5, 0.6) is 11.8 Å². The number of aromatic nitrogens is 2. The fraction of sp³-hybridized carbons (Fsp3) is 0.783. The number of amides is 1. The molecule has 10 nitrogen and oxygen atoms in total. The van der Waals surface area contributed by atoms with E-state index in [0.717, 1.165) is 31.2 Å². The monoisotopic (exact) mass is 496 g/mol. The van der Waals surface area contributed by atoms with E-state index < -0.39 is 15.6 Å². The minimum absolute atomic E-state index is 0.0457. The molecule has 3 fully saturated rings. The van der Waals surface area contributed by atoms with Crippen molar-refractivity contribution in [2.24, 2.45) is 0 Å². The van der Waals surface area contributed by atoms with E-state index in [4.69, 9.17) is 14.2 Å². The molecule has 2 bridgehead atoms. The third-order valence-corrected chi connectivity index (χ3v) is 8.02. The molecule has 0 aromatic carbocycles. The number of carbonyl (C=O) groups excluding carboxylic acids is 1. The van der Waals surface area contributed by atoms with Gasteiger partial charge in [-0.1, -0.05) is 0 Å². The zero-order valence-electron chi connectivity index (χ0n) is 20.7. The molecule has 34 heavy (non-hydrogen) atoms. The Labute approximate surface area is 202 Å². The fourth-order valence-corrected chi connectivity index (χ4v) is 5.96. The SMILES string of the molecule is Cc1c(OC2CCN(S(C)(=O)=O)CC2)ncnc1OC1CC2CCC(C1)N2C(=O)OC(C)(C)C. The Bertz CT molecular complexity index is 989. The van der Waals surface area contributed by atoms with Crippen LogP contribution >= 0.6 is 0 Å². The second-order valence-electron chi connectivity index (χ2n) is 10.6. The summed E-state index contributed by atoms with van der Waals surface area (Å²) in [5.74, 6) is 0.964. The zero-order valence-corrected chi connectivity index (χ0v) is 21.5. The summed E-state index contributed by atoms with van der Waals surface area (Å²) < 4.78 is 42.9. The van der Waals surface area contributed by atoms with Crippen molar-refractivity contribution < 1.29 is 27.4 Å². The first kappa shape index (κ1) is 25.0. The number of carbonyl (C=O) groups is 1. The summed E-state index contributed by atoms with van der Waals surface area (Å²) in [4.78, 5) is 23.2. The molecule has 4 rings (SSSR count). The van der Waals surface area contributed by atoms with Gasteiger partial charge in [-0.2, -0.15) is 0 Å². The Hall–Kier alpha value is -2.14. The predicted octanol–water partition coefficient (Wildman–Crippen LogP) is 2.90. The lowest BCUT2D eigenvalue weighted by Crippen LogP contribution is -2.50. The molecular weight excluding hydrogens is 460 g/mol. The number of nitrogens with zero attached hydrogens (tertiary/aromatic N) is 4. The van der Waals surface area contributed by atoms with Gasteiger partial charge >= 0.3 is 6.09 Å². The lowest BCUT2D eigenvalue weighted by atomic mass is 10.00. The summed E-state index contributed by atoms with van der Waals surface area (Å²) in [7, 11) is -3.18. The minimum Gasteiger partial charge on any atom is -0.474 e. The molecule has 4 heterocycles.